The van der Waals surface area contributed by atoms with Crippen LogP contribution in [0.4, 0.5) is 4.39 Å². The Morgan fingerprint density at radius 1 is 1.30 bits per heavy atom. The standard InChI is InChI=1S/C16H25ClFN3O.HI/c1-3-19-16(20-10-6-12-22-4-2)21-11-9-13-14(17)7-5-8-15(13)18;/h5,7-8H,3-4,6,9-12H2,1-2H3,(H2,19,20,21);1H. The lowest BCUT2D eigenvalue weighted by Crippen LogP contribution is -2.38. The summed E-state index contributed by atoms with van der Waals surface area (Å²) in [5.41, 5.74) is 0.531. The van der Waals surface area contributed by atoms with E-state index in [0.29, 0.717) is 36.7 Å². The van der Waals surface area contributed by atoms with Crippen molar-refractivity contribution >= 4 is 41.5 Å². The van der Waals surface area contributed by atoms with Gasteiger partial charge in [-0.25, -0.2) is 4.39 Å². The minimum absolute atomic E-state index is 0. The fraction of sp³-hybridized carbons (Fsp3) is 0.562. The fourth-order valence-corrected chi connectivity index (χ4v) is 2.18. The van der Waals surface area contributed by atoms with E-state index in [4.69, 9.17) is 16.3 Å². The Kier molecular flexibility index (Phi) is 13.4. The molecular weight excluding hydrogens is 432 g/mol. The molecule has 0 saturated carbocycles. The van der Waals surface area contributed by atoms with Crippen molar-refractivity contribution in [2.45, 2.75) is 26.7 Å². The average Bonchev–Trinajstić information content (AvgIpc) is 2.50. The van der Waals surface area contributed by atoms with E-state index >= 15 is 0 Å². The number of rotatable bonds is 9. The summed E-state index contributed by atoms with van der Waals surface area (Å²) in [6, 6.07) is 4.74. The second kappa shape index (κ2) is 13.8. The molecule has 0 fully saturated rings. The molecule has 0 amide bonds. The normalized spacial score (nSPS) is 11.0. The first-order valence-electron chi connectivity index (χ1n) is 7.71. The lowest BCUT2D eigenvalue weighted by atomic mass is 10.1. The van der Waals surface area contributed by atoms with Crippen molar-refractivity contribution in [1.29, 1.82) is 0 Å². The van der Waals surface area contributed by atoms with Gasteiger partial charge in [0, 0.05) is 43.4 Å². The smallest absolute Gasteiger partial charge is 0.191 e. The number of nitrogens with one attached hydrogen (secondary N) is 2. The summed E-state index contributed by atoms with van der Waals surface area (Å²) in [7, 11) is 0. The highest BCUT2D eigenvalue weighted by Gasteiger charge is 2.06. The lowest BCUT2D eigenvalue weighted by molar-refractivity contribution is 0.146. The molecule has 23 heavy (non-hydrogen) atoms. The van der Waals surface area contributed by atoms with Gasteiger partial charge in [-0.05, 0) is 38.8 Å². The Morgan fingerprint density at radius 2 is 2.09 bits per heavy atom. The first-order chi connectivity index (χ1) is 10.7. The van der Waals surface area contributed by atoms with Crippen LogP contribution in [0.2, 0.25) is 5.02 Å². The Hall–Kier alpha value is -0.600. The number of halogens is 3. The van der Waals surface area contributed by atoms with Gasteiger partial charge in [0.15, 0.2) is 5.96 Å². The van der Waals surface area contributed by atoms with Gasteiger partial charge in [0.1, 0.15) is 5.82 Å². The van der Waals surface area contributed by atoms with Gasteiger partial charge in [-0.3, -0.25) is 4.99 Å². The summed E-state index contributed by atoms with van der Waals surface area (Å²) in [5, 5.41) is 6.81. The van der Waals surface area contributed by atoms with Crippen molar-refractivity contribution in [2.24, 2.45) is 4.99 Å². The van der Waals surface area contributed by atoms with Crippen molar-refractivity contribution in [2.75, 3.05) is 32.8 Å². The van der Waals surface area contributed by atoms with Gasteiger partial charge in [0.25, 0.3) is 0 Å². The summed E-state index contributed by atoms with van der Waals surface area (Å²) in [4.78, 5) is 4.45. The number of benzene rings is 1. The first-order valence-corrected chi connectivity index (χ1v) is 8.09. The molecule has 0 aliphatic rings. The molecule has 0 aromatic heterocycles. The topological polar surface area (TPSA) is 45.7 Å². The summed E-state index contributed by atoms with van der Waals surface area (Å²) >= 11 is 6.01. The third-order valence-electron chi connectivity index (χ3n) is 2.99. The molecule has 4 nitrogen and oxygen atoms in total. The van der Waals surface area contributed by atoms with Crippen molar-refractivity contribution in [3.63, 3.8) is 0 Å². The first kappa shape index (κ1) is 22.4. The van der Waals surface area contributed by atoms with Crippen LogP contribution in [0, 0.1) is 5.82 Å². The van der Waals surface area contributed by atoms with Crippen molar-refractivity contribution in [1.82, 2.24) is 10.6 Å². The number of hydrogen-bond donors (Lipinski definition) is 2. The van der Waals surface area contributed by atoms with Gasteiger partial charge < -0.3 is 15.4 Å². The van der Waals surface area contributed by atoms with Crippen LogP contribution in [-0.2, 0) is 11.2 Å². The molecule has 0 aliphatic heterocycles. The van der Waals surface area contributed by atoms with E-state index in [1.807, 2.05) is 13.8 Å². The summed E-state index contributed by atoms with van der Waals surface area (Å²) in [6.45, 7) is 7.45. The molecule has 1 aromatic rings. The SMILES string of the molecule is CCNC(=NCCCOCC)NCCc1c(F)cccc1Cl.I. The number of nitrogens with zero attached hydrogens (tertiary/aromatic N) is 1. The Balaban J connectivity index is 0.00000484. The quantitative estimate of drug-likeness (QED) is 0.258. The second-order valence-electron chi connectivity index (χ2n) is 4.69. The number of aliphatic imine (C=N–C) groups is 1. The molecule has 1 aromatic carbocycles. The van der Waals surface area contributed by atoms with Crippen molar-refractivity contribution in [3.05, 3.63) is 34.6 Å². The van der Waals surface area contributed by atoms with Gasteiger partial charge in [-0.15, -0.1) is 24.0 Å². The van der Waals surface area contributed by atoms with Crippen LogP contribution in [0.15, 0.2) is 23.2 Å². The van der Waals surface area contributed by atoms with Crippen LogP contribution in [0.25, 0.3) is 0 Å². The molecule has 0 atom stereocenters. The maximum atomic E-state index is 13.7. The predicted molar refractivity (Wildman–Crippen MR) is 106 cm³/mol. The van der Waals surface area contributed by atoms with Gasteiger partial charge in [-0.1, -0.05) is 17.7 Å². The summed E-state index contributed by atoms with van der Waals surface area (Å²) in [5.74, 6) is 0.458. The van der Waals surface area contributed by atoms with E-state index < -0.39 is 0 Å². The Morgan fingerprint density at radius 3 is 2.74 bits per heavy atom. The molecule has 0 bridgehead atoms. The van der Waals surface area contributed by atoms with Crippen molar-refractivity contribution in [3.8, 4) is 0 Å². The number of hydrogen-bond acceptors (Lipinski definition) is 2. The van der Waals surface area contributed by atoms with Crippen LogP contribution in [0.3, 0.4) is 0 Å². The zero-order valence-electron chi connectivity index (χ0n) is 13.7. The highest BCUT2D eigenvalue weighted by molar-refractivity contribution is 14.0. The van der Waals surface area contributed by atoms with E-state index in [0.717, 1.165) is 25.5 Å². The molecule has 7 heteroatoms. The van der Waals surface area contributed by atoms with Gasteiger partial charge in [0.05, 0.1) is 0 Å². The van der Waals surface area contributed by atoms with Crippen molar-refractivity contribution < 1.29 is 9.13 Å². The highest BCUT2D eigenvalue weighted by atomic mass is 127. The average molecular weight is 458 g/mol. The van der Waals surface area contributed by atoms with Gasteiger partial charge in [0.2, 0.25) is 0 Å². The molecule has 0 heterocycles. The third kappa shape index (κ3) is 9.32. The maximum absolute atomic E-state index is 13.7. The third-order valence-corrected chi connectivity index (χ3v) is 3.35. The number of ether oxygens (including phenoxy) is 1. The Bertz CT molecular complexity index is 454. The van der Waals surface area contributed by atoms with E-state index in [-0.39, 0.29) is 29.8 Å². The van der Waals surface area contributed by atoms with Gasteiger partial charge in [-0.2, -0.15) is 0 Å². The molecule has 132 valence electrons. The van der Waals surface area contributed by atoms with Crippen LogP contribution in [0.5, 0.6) is 0 Å². The summed E-state index contributed by atoms with van der Waals surface area (Å²) < 4.78 is 18.9. The number of guanidine groups is 1. The predicted octanol–water partition coefficient (Wildman–Crippen LogP) is 3.62. The lowest BCUT2D eigenvalue weighted by Gasteiger charge is -2.12. The van der Waals surface area contributed by atoms with E-state index in [9.17, 15) is 4.39 Å². The molecule has 0 saturated heterocycles. The zero-order chi connectivity index (χ0) is 16.2. The monoisotopic (exact) mass is 457 g/mol. The van der Waals surface area contributed by atoms with Gasteiger partial charge >= 0.3 is 0 Å². The fourth-order valence-electron chi connectivity index (χ4n) is 1.92. The van der Waals surface area contributed by atoms with Crippen LogP contribution in [0.1, 0.15) is 25.8 Å². The molecule has 0 unspecified atom stereocenters. The molecular formula is C16H26ClFIN3O. The highest BCUT2D eigenvalue weighted by Crippen LogP contribution is 2.18. The van der Waals surface area contributed by atoms with E-state index in [1.54, 1.807) is 12.1 Å². The van der Waals surface area contributed by atoms with E-state index in [1.165, 1.54) is 6.07 Å². The van der Waals surface area contributed by atoms with Crippen LogP contribution in [-0.4, -0.2) is 38.8 Å². The van der Waals surface area contributed by atoms with E-state index in [2.05, 4.69) is 15.6 Å². The van der Waals surface area contributed by atoms with Crippen LogP contribution >= 0.6 is 35.6 Å². The minimum Gasteiger partial charge on any atom is -0.382 e. The maximum Gasteiger partial charge on any atom is 0.191 e. The molecule has 0 aliphatic carbocycles. The largest absolute Gasteiger partial charge is 0.382 e. The second-order valence-corrected chi connectivity index (χ2v) is 5.10. The minimum atomic E-state index is -0.270. The van der Waals surface area contributed by atoms with Crippen LogP contribution < -0.4 is 10.6 Å². The zero-order valence-corrected chi connectivity index (χ0v) is 16.8. The molecule has 0 radical (unpaired) electrons. The summed E-state index contributed by atoms with van der Waals surface area (Å²) in [6.07, 6.45) is 1.39. The molecule has 0 spiro atoms. The molecule has 1 rings (SSSR count). The Labute approximate surface area is 160 Å². The molecule has 2 N–H and O–H groups in total.